The maximum atomic E-state index is 13.3. The highest BCUT2D eigenvalue weighted by Crippen LogP contribution is 2.37. The van der Waals surface area contributed by atoms with Crippen LogP contribution in [-0.2, 0) is 11.3 Å². The van der Waals surface area contributed by atoms with Crippen LogP contribution in [0.5, 0.6) is 0 Å². The Labute approximate surface area is 310 Å². The Morgan fingerprint density at radius 2 is 1.02 bits per heavy atom. The van der Waals surface area contributed by atoms with Crippen molar-refractivity contribution >= 4 is 49.6 Å². The quantitative estimate of drug-likeness (QED) is 0.155. The molecule has 7 nitrogen and oxygen atoms in total. The van der Waals surface area contributed by atoms with E-state index in [0.717, 1.165) is 66.0 Å². The van der Waals surface area contributed by atoms with Crippen LogP contribution in [0.2, 0.25) is 0 Å². The van der Waals surface area contributed by atoms with Crippen molar-refractivity contribution in [3.05, 3.63) is 187 Å². The molecule has 3 heterocycles. The molecule has 0 aliphatic carbocycles. The minimum absolute atomic E-state index is 0.209. The molecule has 54 heavy (non-hydrogen) atoms. The molecule has 0 saturated carbocycles. The average molecular weight is 698 g/mol. The van der Waals surface area contributed by atoms with E-state index in [1.807, 2.05) is 115 Å². The summed E-state index contributed by atoms with van der Waals surface area (Å²) in [5.74, 6) is 1.29. The fourth-order valence-corrected chi connectivity index (χ4v) is 7.46. The highest BCUT2D eigenvalue weighted by atomic mass is 16.5. The molecule has 0 fully saturated rings. The van der Waals surface area contributed by atoms with E-state index in [9.17, 15) is 4.79 Å². The third-order valence-corrected chi connectivity index (χ3v) is 9.94. The van der Waals surface area contributed by atoms with Crippen molar-refractivity contribution in [2.45, 2.75) is 6.61 Å². The van der Waals surface area contributed by atoms with Gasteiger partial charge < -0.3 is 9.30 Å². The van der Waals surface area contributed by atoms with E-state index in [4.69, 9.17) is 19.7 Å². The number of nitrogens with zero attached hydrogens (tertiary/aromatic N) is 5. The van der Waals surface area contributed by atoms with E-state index in [0.29, 0.717) is 23.2 Å². The SMILES string of the molecule is O=C(OCc1ccccc1)c1ccc2c(c1)c1ccccc1n2-c1ccccc1-c1nc(-c2ccccc2)nc(-n2c3ccccc3c3ccccc32)n1. The maximum absolute atomic E-state index is 13.3. The van der Waals surface area contributed by atoms with E-state index < -0.39 is 0 Å². The van der Waals surface area contributed by atoms with Crippen LogP contribution < -0.4 is 0 Å². The van der Waals surface area contributed by atoms with E-state index in [1.54, 1.807) is 0 Å². The predicted molar refractivity (Wildman–Crippen MR) is 215 cm³/mol. The lowest BCUT2D eigenvalue weighted by atomic mass is 10.1. The van der Waals surface area contributed by atoms with Crippen molar-refractivity contribution in [2.24, 2.45) is 0 Å². The van der Waals surface area contributed by atoms with Crippen LogP contribution in [0, 0.1) is 0 Å². The van der Waals surface area contributed by atoms with Gasteiger partial charge in [0.1, 0.15) is 6.61 Å². The Kier molecular flexibility index (Phi) is 7.54. The molecule has 7 heteroatoms. The summed E-state index contributed by atoms with van der Waals surface area (Å²) in [6.45, 7) is 0.209. The molecule has 10 aromatic rings. The summed E-state index contributed by atoms with van der Waals surface area (Å²) in [5, 5.41) is 4.23. The van der Waals surface area contributed by atoms with Gasteiger partial charge in [-0.15, -0.1) is 0 Å². The zero-order valence-electron chi connectivity index (χ0n) is 29.0. The Hall–Kier alpha value is -7.38. The summed E-state index contributed by atoms with van der Waals surface area (Å²) < 4.78 is 10.1. The van der Waals surface area contributed by atoms with Gasteiger partial charge in [0, 0.05) is 32.7 Å². The van der Waals surface area contributed by atoms with Gasteiger partial charge >= 0.3 is 5.97 Å². The summed E-state index contributed by atoms with van der Waals surface area (Å²) in [6, 6.07) is 58.7. The predicted octanol–water partition coefficient (Wildman–Crippen LogP) is 10.8. The fraction of sp³-hybridized carbons (Fsp3) is 0.0213. The number of esters is 1. The largest absolute Gasteiger partial charge is 0.457 e. The molecule has 3 aromatic heterocycles. The topological polar surface area (TPSA) is 74.8 Å². The number of para-hydroxylation sites is 4. The molecule has 0 bridgehead atoms. The number of aromatic nitrogens is 5. The van der Waals surface area contributed by atoms with Crippen LogP contribution in [0.25, 0.3) is 78.0 Å². The van der Waals surface area contributed by atoms with Gasteiger partial charge in [-0.2, -0.15) is 9.97 Å². The molecule has 0 unspecified atom stereocenters. The lowest BCUT2D eigenvalue weighted by Crippen LogP contribution is -2.08. The lowest BCUT2D eigenvalue weighted by molar-refractivity contribution is 0.0473. The minimum atomic E-state index is -0.366. The normalized spacial score (nSPS) is 11.5. The van der Waals surface area contributed by atoms with Crippen molar-refractivity contribution < 1.29 is 9.53 Å². The first-order chi connectivity index (χ1) is 26.7. The second-order valence-corrected chi connectivity index (χ2v) is 13.2. The molecule has 0 aliphatic rings. The minimum Gasteiger partial charge on any atom is -0.457 e. The van der Waals surface area contributed by atoms with Gasteiger partial charge in [-0.05, 0) is 54.1 Å². The summed E-state index contributed by atoms with van der Waals surface area (Å²) in [4.78, 5) is 28.8. The molecule has 0 amide bonds. The standard InChI is InChI=1S/C47H31N5O2/c53-46(54-30-31-15-3-1-4-16-31)33-27-28-43-38(29-33)36-21-9-11-23-39(36)51(43)42-26-14-10-22-37(42)45-48-44(32-17-5-2-6-18-32)49-47(50-45)52-40-24-12-7-19-34(40)35-20-8-13-25-41(35)52/h1-29H,30H2. The van der Waals surface area contributed by atoms with E-state index in [2.05, 4.69) is 69.8 Å². The number of hydrogen-bond donors (Lipinski definition) is 0. The van der Waals surface area contributed by atoms with Gasteiger partial charge in [0.2, 0.25) is 5.95 Å². The Bertz CT molecular complexity index is 2970. The molecule has 0 saturated heterocycles. The van der Waals surface area contributed by atoms with Gasteiger partial charge in [0.25, 0.3) is 0 Å². The first-order valence-corrected chi connectivity index (χ1v) is 17.9. The van der Waals surface area contributed by atoms with Gasteiger partial charge in [0.05, 0.1) is 33.3 Å². The summed E-state index contributed by atoms with van der Waals surface area (Å²) in [5.41, 5.74) is 8.05. The Morgan fingerprint density at radius 3 is 1.72 bits per heavy atom. The molecule has 0 aliphatic heterocycles. The van der Waals surface area contributed by atoms with Crippen LogP contribution in [0.4, 0.5) is 0 Å². The lowest BCUT2D eigenvalue weighted by Gasteiger charge is -2.15. The highest BCUT2D eigenvalue weighted by molar-refractivity contribution is 6.12. The van der Waals surface area contributed by atoms with Gasteiger partial charge in [-0.25, -0.2) is 9.78 Å². The van der Waals surface area contributed by atoms with E-state index >= 15 is 0 Å². The van der Waals surface area contributed by atoms with Gasteiger partial charge in [0.15, 0.2) is 11.6 Å². The maximum Gasteiger partial charge on any atom is 0.338 e. The second kappa shape index (κ2) is 13.0. The van der Waals surface area contributed by atoms with Crippen LogP contribution in [0.15, 0.2) is 176 Å². The van der Waals surface area contributed by atoms with Crippen molar-refractivity contribution in [2.75, 3.05) is 0 Å². The molecule has 0 N–H and O–H groups in total. The van der Waals surface area contributed by atoms with Crippen LogP contribution >= 0.6 is 0 Å². The molecule has 0 radical (unpaired) electrons. The van der Waals surface area contributed by atoms with E-state index in [-0.39, 0.29) is 12.6 Å². The zero-order chi connectivity index (χ0) is 36.0. The summed E-state index contributed by atoms with van der Waals surface area (Å²) in [7, 11) is 0. The number of carbonyl (C=O) groups excluding carboxylic acids is 1. The first-order valence-electron chi connectivity index (χ1n) is 17.9. The number of hydrogen-bond acceptors (Lipinski definition) is 5. The zero-order valence-corrected chi connectivity index (χ0v) is 29.0. The summed E-state index contributed by atoms with van der Waals surface area (Å²) >= 11 is 0. The molecule has 10 rings (SSSR count). The number of carbonyl (C=O) groups is 1. The molecule has 7 aromatic carbocycles. The molecule has 0 spiro atoms. The number of fused-ring (bicyclic) bond motifs is 6. The van der Waals surface area contributed by atoms with Gasteiger partial charge in [-0.1, -0.05) is 127 Å². The Morgan fingerprint density at radius 1 is 0.481 bits per heavy atom. The van der Waals surface area contributed by atoms with Crippen LogP contribution in [0.3, 0.4) is 0 Å². The molecule has 256 valence electrons. The monoisotopic (exact) mass is 697 g/mol. The van der Waals surface area contributed by atoms with E-state index in [1.165, 1.54) is 0 Å². The van der Waals surface area contributed by atoms with Crippen molar-refractivity contribution in [1.82, 2.24) is 24.1 Å². The van der Waals surface area contributed by atoms with Crippen molar-refractivity contribution in [3.63, 3.8) is 0 Å². The van der Waals surface area contributed by atoms with Crippen molar-refractivity contribution in [1.29, 1.82) is 0 Å². The van der Waals surface area contributed by atoms with Crippen LogP contribution in [0.1, 0.15) is 15.9 Å². The number of benzene rings is 7. The number of ether oxygens (including phenoxy) is 1. The fourth-order valence-electron chi connectivity index (χ4n) is 7.46. The number of rotatable bonds is 7. The van der Waals surface area contributed by atoms with Crippen molar-refractivity contribution in [3.8, 4) is 34.4 Å². The third-order valence-electron chi connectivity index (χ3n) is 9.94. The van der Waals surface area contributed by atoms with Crippen LogP contribution in [-0.4, -0.2) is 30.1 Å². The molecular formula is C47H31N5O2. The average Bonchev–Trinajstić information content (AvgIpc) is 3.76. The summed E-state index contributed by atoms with van der Waals surface area (Å²) in [6.07, 6.45) is 0. The smallest absolute Gasteiger partial charge is 0.338 e. The highest BCUT2D eigenvalue weighted by Gasteiger charge is 2.22. The second-order valence-electron chi connectivity index (χ2n) is 13.2. The molecule has 0 atom stereocenters. The third kappa shape index (κ3) is 5.30. The molecular weight excluding hydrogens is 667 g/mol. The Balaban J connectivity index is 1.16. The first kappa shape index (κ1) is 31.4. The van der Waals surface area contributed by atoms with Gasteiger partial charge in [-0.3, -0.25) is 4.57 Å².